The van der Waals surface area contributed by atoms with Gasteiger partial charge in [-0.15, -0.1) is 12.4 Å². The van der Waals surface area contributed by atoms with Gasteiger partial charge in [-0.1, -0.05) is 0 Å². The molecule has 2 amide bonds. The van der Waals surface area contributed by atoms with Gasteiger partial charge in [0.2, 0.25) is 11.8 Å². The van der Waals surface area contributed by atoms with Crippen LogP contribution >= 0.6 is 12.4 Å². The molecule has 1 heterocycles. The normalized spacial score (nSPS) is 16.2. The van der Waals surface area contributed by atoms with Crippen molar-refractivity contribution >= 4 is 24.2 Å². The Morgan fingerprint density at radius 1 is 1.25 bits per heavy atom. The molecule has 0 bridgehead atoms. The van der Waals surface area contributed by atoms with Crippen LogP contribution in [0.1, 0.15) is 26.2 Å². The summed E-state index contributed by atoms with van der Waals surface area (Å²) in [4.78, 5) is 25.5. The molecule has 7 heteroatoms. The highest BCUT2D eigenvalue weighted by Gasteiger charge is 2.22. The number of likely N-dealkylation sites (tertiary alicyclic amines) is 1. The van der Waals surface area contributed by atoms with E-state index in [9.17, 15) is 9.59 Å². The van der Waals surface area contributed by atoms with Crippen LogP contribution in [-0.2, 0) is 14.3 Å². The van der Waals surface area contributed by atoms with Crippen LogP contribution in [0.4, 0.5) is 0 Å². The number of methoxy groups -OCH3 is 1. The van der Waals surface area contributed by atoms with Gasteiger partial charge in [0.1, 0.15) is 6.04 Å². The lowest BCUT2D eigenvalue weighted by molar-refractivity contribution is -0.136. The summed E-state index contributed by atoms with van der Waals surface area (Å²) in [6.45, 7) is 4.76. The summed E-state index contributed by atoms with van der Waals surface area (Å²) in [7, 11) is 1.61. The number of hydrogen-bond acceptors (Lipinski definition) is 4. The Labute approximate surface area is 127 Å². The third kappa shape index (κ3) is 7.07. The lowest BCUT2D eigenvalue weighted by Gasteiger charge is -2.29. The largest absolute Gasteiger partial charge is 0.383 e. The zero-order valence-electron chi connectivity index (χ0n) is 12.3. The lowest BCUT2D eigenvalue weighted by Crippen LogP contribution is -2.50. The first-order chi connectivity index (χ1) is 9.15. The number of amides is 2. The minimum atomic E-state index is -0.449. The highest BCUT2D eigenvalue weighted by Crippen LogP contribution is 2.09. The predicted octanol–water partition coefficient (Wildman–Crippen LogP) is 0.161. The van der Waals surface area contributed by atoms with Crippen LogP contribution in [-0.4, -0.2) is 62.7 Å². The Morgan fingerprint density at radius 2 is 1.90 bits per heavy atom. The van der Waals surface area contributed by atoms with Crippen molar-refractivity contribution < 1.29 is 14.3 Å². The second-order valence-corrected chi connectivity index (χ2v) is 4.84. The molecule has 1 rings (SSSR count). The van der Waals surface area contributed by atoms with Crippen LogP contribution < -0.4 is 10.6 Å². The standard InChI is InChI=1S/C13H25N3O3.ClH/c1-11(13(18)16-7-4-3-5-8-16)15-12(17)10-14-6-9-19-2;/h11,14H,3-10H2,1-2H3,(H,15,17);1H. The Hall–Kier alpha value is -0.850. The van der Waals surface area contributed by atoms with E-state index in [4.69, 9.17) is 4.74 Å². The van der Waals surface area contributed by atoms with Gasteiger partial charge in [-0.3, -0.25) is 9.59 Å². The molecular formula is C13H26ClN3O3. The fourth-order valence-electron chi connectivity index (χ4n) is 2.12. The first-order valence-corrected chi connectivity index (χ1v) is 6.93. The molecule has 0 spiro atoms. The fraction of sp³-hybridized carbons (Fsp3) is 0.846. The van der Waals surface area contributed by atoms with Crippen LogP contribution in [0.15, 0.2) is 0 Å². The number of piperidine rings is 1. The molecule has 0 saturated carbocycles. The van der Waals surface area contributed by atoms with E-state index >= 15 is 0 Å². The van der Waals surface area contributed by atoms with Crippen molar-refractivity contribution in [3.63, 3.8) is 0 Å². The van der Waals surface area contributed by atoms with E-state index < -0.39 is 6.04 Å². The van der Waals surface area contributed by atoms with E-state index in [1.807, 2.05) is 4.90 Å². The highest BCUT2D eigenvalue weighted by atomic mass is 35.5. The summed E-state index contributed by atoms with van der Waals surface area (Å²) in [5.41, 5.74) is 0. The molecular weight excluding hydrogens is 282 g/mol. The van der Waals surface area contributed by atoms with E-state index in [1.165, 1.54) is 6.42 Å². The smallest absolute Gasteiger partial charge is 0.244 e. The van der Waals surface area contributed by atoms with Gasteiger partial charge >= 0.3 is 0 Å². The zero-order chi connectivity index (χ0) is 14.1. The molecule has 0 aromatic rings. The van der Waals surface area contributed by atoms with Crippen molar-refractivity contribution in [2.24, 2.45) is 0 Å². The maximum atomic E-state index is 12.1. The average molecular weight is 308 g/mol. The van der Waals surface area contributed by atoms with Gasteiger partial charge in [0, 0.05) is 26.7 Å². The molecule has 1 aliphatic heterocycles. The van der Waals surface area contributed by atoms with Gasteiger partial charge in [-0.05, 0) is 26.2 Å². The molecule has 1 unspecified atom stereocenters. The molecule has 20 heavy (non-hydrogen) atoms. The third-order valence-electron chi connectivity index (χ3n) is 3.18. The molecule has 1 aliphatic rings. The summed E-state index contributed by atoms with van der Waals surface area (Å²) in [6.07, 6.45) is 3.31. The van der Waals surface area contributed by atoms with Crippen LogP contribution in [0.5, 0.6) is 0 Å². The summed E-state index contributed by atoms with van der Waals surface area (Å²) in [5.74, 6) is -0.140. The van der Waals surface area contributed by atoms with Crippen LogP contribution in [0.2, 0.25) is 0 Å². The Morgan fingerprint density at radius 3 is 2.50 bits per heavy atom. The van der Waals surface area contributed by atoms with E-state index in [-0.39, 0.29) is 30.8 Å². The molecule has 0 aromatic carbocycles. The number of ether oxygens (including phenoxy) is 1. The number of rotatable bonds is 7. The molecule has 0 aromatic heterocycles. The maximum Gasteiger partial charge on any atom is 0.244 e. The molecule has 0 radical (unpaired) electrons. The second kappa shape index (κ2) is 10.9. The quantitative estimate of drug-likeness (QED) is 0.658. The molecule has 2 N–H and O–H groups in total. The number of hydrogen-bond donors (Lipinski definition) is 2. The number of halogens is 1. The monoisotopic (exact) mass is 307 g/mol. The topological polar surface area (TPSA) is 70.7 Å². The highest BCUT2D eigenvalue weighted by molar-refractivity contribution is 5.88. The Bertz CT molecular complexity index is 297. The minimum absolute atomic E-state index is 0. The second-order valence-electron chi connectivity index (χ2n) is 4.84. The van der Waals surface area contributed by atoms with Crippen LogP contribution in [0.3, 0.4) is 0 Å². The first kappa shape index (κ1) is 19.1. The minimum Gasteiger partial charge on any atom is -0.383 e. The van der Waals surface area contributed by atoms with Crippen molar-refractivity contribution in [1.29, 1.82) is 0 Å². The van der Waals surface area contributed by atoms with E-state index in [1.54, 1.807) is 14.0 Å². The van der Waals surface area contributed by atoms with Crippen LogP contribution in [0, 0.1) is 0 Å². The number of nitrogens with one attached hydrogen (secondary N) is 2. The summed E-state index contributed by atoms with van der Waals surface area (Å²) < 4.78 is 4.87. The molecule has 1 saturated heterocycles. The summed E-state index contributed by atoms with van der Waals surface area (Å²) >= 11 is 0. The molecule has 0 aliphatic carbocycles. The van der Waals surface area contributed by atoms with E-state index in [0.29, 0.717) is 13.2 Å². The fourth-order valence-corrected chi connectivity index (χ4v) is 2.12. The SMILES string of the molecule is COCCNCC(=O)NC(C)C(=O)N1CCCCC1.Cl. The molecule has 6 nitrogen and oxygen atoms in total. The van der Waals surface area contributed by atoms with Gasteiger partial charge in [-0.25, -0.2) is 0 Å². The predicted molar refractivity (Wildman–Crippen MR) is 80.0 cm³/mol. The Kier molecular flexibility index (Phi) is 10.4. The maximum absolute atomic E-state index is 12.1. The number of carbonyl (C=O) groups excluding carboxylic acids is 2. The third-order valence-corrected chi connectivity index (χ3v) is 3.18. The van der Waals surface area contributed by atoms with Gasteiger partial charge in [-0.2, -0.15) is 0 Å². The number of nitrogens with zero attached hydrogens (tertiary/aromatic N) is 1. The molecule has 118 valence electrons. The van der Waals surface area contributed by atoms with Crippen LogP contribution in [0.25, 0.3) is 0 Å². The van der Waals surface area contributed by atoms with Crippen molar-refractivity contribution in [3.05, 3.63) is 0 Å². The molecule has 1 atom stereocenters. The van der Waals surface area contributed by atoms with E-state index in [0.717, 1.165) is 25.9 Å². The lowest BCUT2D eigenvalue weighted by atomic mass is 10.1. The zero-order valence-corrected chi connectivity index (χ0v) is 13.1. The van der Waals surface area contributed by atoms with Gasteiger partial charge in [0.25, 0.3) is 0 Å². The van der Waals surface area contributed by atoms with Gasteiger partial charge in [0.15, 0.2) is 0 Å². The number of carbonyl (C=O) groups is 2. The Balaban J connectivity index is 0.00000361. The van der Waals surface area contributed by atoms with Gasteiger partial charge < -0.3 is 20.3 Å². The van der Waals surface area contributed by atoms with Crippen molar-refractivity contribution in [2.75, 3.05) is 39.9 Å². The average Bonchev–Trinajstić information content (AvgIpc) is 2.43. The summed E-state index contributed by atoms with van der Waals surface area (Å²) in [5, 5.41) is 5.67. The van der Waals surface area contributed by atoms with Gasteiger partial charge in [0.05, 0.1) is 13.2 Å². The van der Waals surface area contributed by atoms with Crippen molar-refractivity contribution in [1.82, 2.24) is 15.5 Å². The van der Waals surface area contributed by atoms with E-state index in [2.05, 4.69) is 10.6 Å². The van der Waals surface area contributed by atoms with Crippen molar-refractivity contribution in [2.45, 2.75) is 32.2 Å². The summed E-state index contributed by atoms with van der Waals surface area (Å²) in [6, 6.07) is -0.449. The molecule has 1 fully saturated rings. The van der Waals surface area contributed by atoms with Crippen molar-refractivity contribution in [3.8, 4) is 0 Å². The first-order valence-electron chi connectivity index (χ1n) is 6.93.